The summed E-state index contributed by atoms with van der Waals surface area (Å²) in [5.41, 5.74) is 7.98. The first-order chi connectivity index (χ1) is 16.9. The number of hydrogen-bond donors (Lipinski definition) is 1. The normalized spacial score (nSPS) is 16.5. The second-order valence-electron chi connectivity index (χ2n) is 9.60. The Hall–Kier alpha value is -3.46. The Morgan fingerprint density at radius 3 is 2.71 bits per heavy atom. The minimum absolute atomic E-state index is 0.0735. The van der Waals surface area contributed by atoms with Gasteiger partial charge in [0.1, 0.15) is 0 Å². The zero-order valence-corrected chi connectivity index (χ0v) is 20.7. The van der Waals surface area contributed by atoms with Gasteiger partial charge in [0.05, 0.1) is 12.2 Å². The molecule has 1 aliphatic rings. The van der Waals surface area contributed by atoms with Crippen LogP contribution < -0.4 is 21.9 Å². The lowest BCUT2D eigenvalue weighted by Gasteiger charge is -2.31. The molecular weight excluding hydrogens is 442 g/mol. The number of aromatic nitrogens is 5. The number of nitrogens with two attached hydrogens (primary N) is 1. The lowest BCUT2D eigenvalue weighted by Crippen LogP contribution is -2.44. The molecule has 1 aliphatic heterocycles. The molecule has 0 spiro atoms. The van der Waals surface area contributed by atoms with Gasteiger partial charge in [-0.1, -0.05) is 37.6 Å². The molecule has 0 aliphatic carbocycles. The van der Waals surface area contributed by atoms with E-state index in [-0.39, 0.29) is 18.1 Å². The maximum atomic E-state index is 13.9. The molecule has 2 N–H and O–H groups in total. The second kappa shape index (κ2) is 9.30. The van der Waals surface area contributed by atoms with Gasteiger partial charge < -0.3 is 15.2 Å². The van der Waals surface area contributed by atoms with E-state index in [1.165, 1.54) is 9.13 Å². The Balaban J connectivity index is 1.71. The number of fused-ring (bicyclic) bond motifs is 2. The molecule has 1 fully saturated rings. The standard InChI is InChI=1S/C26H33N7O2/c1-4-5-13-32-22-23(29-25(32)31-12-8-10-19(27)15-31)30(3)26(35)33(24(22)34)16-21-20-11-7-6-9-18(20)14-17(2)28-21/h6-7,9,11,14,19H,4-5,8,10,12-13,15-16,27H2,1-3H3. The van der Waals surface area contributed by atoms with Crippen molar-refractivity contribution >= 4 is 27.9 Å². The van der Waals surface area contributed by atoms with Crippen LogP contribution in [-0.2, 0) is 20.1 Å². The van der Waals surface area contributed by atoms with Crippen LogP contribution in [0.1, 0.15) is 44.0 Å². The fraction of sp³-hybridized carbons (Fsp3) is 0.462. The lowest BCUT2D eigenvalue weighted by atomic mass is 10.1. The zero-order valence-electron chi connectivity index (χ0n) is 20.7. The van der Waals surface area contributed by atoms with Gasteiger partial charge in [0.25, 0.3) is 5.56 Å². The number of benzene rings is 1. The highest BCUT2D eigenvalue weighted by Crippen LogP contribution is 2.24. The number of imidazole rings is 1. The summed E-state index contributed by atoms with van der Waals surface area (Å²) in [4.78, 5) is 39.0. The van der Waals surface area contributed by atoms with Crippen LogP contribution in [-0.4, -0.2) is 42.8 Å². The van der Waals surface area contributed by atoms with Crippen LogP contribution in [0.5, 0.6) is 0 Å². The fourth-order valence-electron chi connectivity index (χ4n) is 5.15. The summed E-state index contributed by atoms with van der Waals surface area (Å²) >= 11 is 0. The largest absolute Gasteiger partial charge is 0.341 e. The van der Waals surface area contributed by atoms with Crippen LogP contribution in [0.3, 0.4) is 0 Å². The molecule has 0 saturated carbocycles. The van der Waals surface area contributed by atoms with E-state index in [9.17, 15) is 9.59 Å². The Labute approximate surface area is 203 Å². The predicted molar refractivity (Wildman–Crippen MR) is 139 cm³/mol. The number of nitrogens with zero attached hydrogens (tertiary/aromatic N) is 6. The molecule has 1 atom stereocenters. The first-order valence-electron chi connectivity index (χ1n) is 12.4. The van der Waals surface area contributed by atoms with Crippen molar-refractivity contribution in [2.45, 2.75) is 58.7 Å². The fourth-order valence-corrected chi connectivity index (χ4v) is 5.15. The third-order valence-electron chi connectivity index (χ3n) is 6.94. The highest BCUT2D eigenvalue weighted by Gasteiger charge is 2.26. The average Bonchev–Trinajstić information content (AvgIpc) is 3.23. The van der Waals surface area contributed by atoms with Crippen molar-refractivity contribution in [1.82, 2.24) is 23.7 Å². The Bertz CT molecular complexity index is 1510. The molecular formula is C26H33N7O2. The molecule has 3 aromatic heterocycles. The maximum Gasteiger partial charge on any atom is 0.332 e. The van der Waals surface area contributed by atoms with Crippen molar-refractivity contribution in [1.29, 1.82) is 0 Å². The van der Waals surface area contributed by atoms with Gasteiger partial charge in [0, 0.05) is 43.8 Å². The minimum atomic E-state index is -0.392. The molecule has 1 saturated heterocycles. The Morgan fingerprint density at radius 2 is 1.94 bits per heavy atom. The van der Waals surface area contributed by atoms with E-state index < -0.39 is 5.69 Å². The van der Waals surface area contributed by atoms with Gasteiger partial charge in [-0.3, -0.25) is 18.9 Å². The summed E-state index contributed by atoms with van der Waals surface area (Å²) < 4.78 is 4.79. The predicted octanol–water partition coefficient (Wildman–Crippen LogP) is 2.53. The number of unbranched alkanes of at least 4 members (excludes halogenated alkanes) is 1. The first-order valence-corrected chi connectivity index (χ1v) is 12.4. The van der Waals surface area contributed by atoms with Crippen molar-refractivity contribution in [3.8, 4) is 0 Å². The highest BCUT2D eigenvalue weighted by atomic mass is 16.2. The third-order valence-corrected chi connectivity index (χ3v) is 6.94. The van der Waals surface area contributed by atoms with Gasteiger partial charge in [-0.2, -0.15) is 4.98 Å². The molecule has 35 heavy (non-hydrogen) atoms. The van der Waals surface area contributed by atoms with Crippen molar-refractivity contribution in [2.75, 3.05) is 18.0 Å². The maximum absolute atomic E-state index is 13.9. The number of anilines is 1. The minimum Gasteiger partial charge on any atom is -0.341 e. The average molecular weight is 476 g/mol. The quantitative estimate of drug-likeness (QED) is 0.460. The van der Waals surface area contributed by atoms with E-state index in [2.05, 4.69) is 11.8 Å². The lowest BCUT2D eigenvalue weighted by molar-refractivity contribution is 0.491. The monoisotopic (exact) mass is 475 g/mol. The molecule has 184 valence electrons. The van der Waals surface area contributed by atoms with E-state index >= 15 is 0 Å². The summed E-state index contributed by atoms with van der Waals surface area (Å²) in [6, 6.07) is 10.0. The van der Waals surface area contributed by atoms with E-state index in [0.717, 1.165) is 54.6 Å². The molecule has 4 aromatic rings. The van der Waals surface area contributed by atoms with Gasteiger partial charge in [0.15, 0.2) is 11.2 Å². The van der Waals surface area contributed by atoms with Gasteiger partial charge in [0.2, 0.25) is 5.95 Å². The molecule has 9 heteroatoms. The molecule has 1 unspecified atom stereocenters. The summed E-state index contributed by atoms with van der Waals surface area (Å²) in [6.07, 6.45) is 3.85. The number of pyridine rings is 1. The third kappa shape index (κ3) is 4.14. The summed E-state index contributed by atoms with van der Waals surface area (Å²) in [5.74, 6) is 0.729. The number of rotatable bonds is 6. The number of hydrogen-bond acceptors (Lipinski definition) is 6. The molecule has 0 bridgehead atoms. The molecule has 1 aromatic carbocycles. The van der Waals surface area contributed by atoms with Gasteiger partial charge in [-0.25, -0.2) is 4.79 Å². The van der Waals surface area contributed by atoms with Crippen molar-refractivity contribution in [3.05, 3.63) is 62.6 Å². The van der Waals surface area contributed by atoms with Gasteiger partial charge >= 0.3 is 5.69 Å². The van der Waals surface area contributed by atoms with Crippen LogP contribution in [0, 0.1) is 6.92 Å². The topological polar surface area (TPSA) is 104 Å². The van der Waals surface area contributed by atoms with Gasteiger partial charge in [-0.15, -0.1) is 0 Å². The van der Waals surface area contributed by atoms with Crippen LogP contribution >= 0.6 is 0 Å². The first kappa shape index (κ1) is 23.3. The van der Waals surface area contributed by atoms with E-state index in [4.69, 9.17) is 15.7 Å². The van der Waals surface area contributed by atoms with Crippen LogP contribution in [0.4, 0.5) is 5.95 Å². The number of aryl methyl sites for hydroxylation is 3. The Kier molecular flexibility index (Phi) is 6.19. The smallest absolute Gasteiger partial charge is 0.332 e. The molecule has 5 rings (SSSR count). The van der Waals surface area contributed by atoms with Gasteiger partial charge in [-0.05, 0) is 37.6 Å². The molecule has 0 amide bonds. The Morgan fingerprint density at radius 1 is 1.14 bits per heavy atom. The molecule has 0 radical (unpaired) electrons. The van der Waals surface area contributed by atoms with E-state index in [0.29, 0.717) is 29.9 Å². The number of piperidine rings is 1. The summed E-state index contributed by atoms with van der Waals surface area (Å²) in [7, 11) is 1.69. The van der Waals surface area contributed by atoms with E-state index in [1.54, 1.807) is 7.05 Å². The molecule has 9 nitrogen and oxygen atoms in total. The van der Waals surface area contributed by atoms with Crippen molar-refractivity contribution in [3.63, 3.8) is 0 Å². The summed E-state index contributed by atoms with van der Waals surface area (Å²) in [5, 5.41) is 1.98. The van der Waals surface area contributed by atoms with Crippen LogP contribution in [0.2, 0.25) is 0 Å². The zero-order chi connectivity index (χ0) is 24.7. The SMILES string of the molecule is CCCCn1c(N2CCCC(N)C2)nc2c1c(=O)n(Cc1nc(C)cc3ccccc13)c(=O)n2C. The van der Waals surface area contributed by atoms with E-state index in [1.807, 2.05) is 41.8 Å². The van der Waals surface area contributed by atoms with Crippen LogP contribution in [0.25, 0.3) is 21.9 Å². The highest BCUT2D eigenvalue weighted by molar-refractivity contribution is 5.85. The van der Waals surface area contributed by atoms with Crippen molar-refractivity contribution in [2.24, 2.45) is 12.8 Å². The van der Waals surface area contributed by atoms with Crippen molar-refractivity contribution < 1.29 is 0 Å². The second-order valence-corrected chi connectivity index (χ2v) is 9.60. The summed E-state index contributed by atoms with van der Waals surface area (Å²) in [6.45, 7) is 6.34. The molecule has 4 heterocycles. The van der Waals surface area contributed by atoms with Crippen LogP contribution in [0.15, 0.2) is 39.9 Å².